The molecule has 0 atom stereocenters. The molecule has 0 aromatic heterocycles. The second kappa shape index (κ2) is 7.44. The molecule has 18 heavy (non-hydrogen) atoms. The van der Waals surface area contributed by atoms with Crippen molar-refractivity contribution >= 4 is 34.6 Å². The summed E-state index contributed by atoms with van der Waals surface area (Å²) in [5, 5.41) is 7.55. The van der Waals surface area contributed by atoms with Crippen LogP contribution in [-0.2, 0) is 0 Å². The molecular formula is C13H19ClN2OS. The SMILES string of the molecule is CCC(CC)NC(=S)Nc1ccc(OC)c(Cl)c1. The van der Waals surface area contributed by atoms with Crippen molar-refractivity contribution < 1.29 is 4.74 Å². The monoisotopic (exact) mass is 286 g/mol. The highest BCUT2D eigenvalue weighted by molar-refractivity contribution is 7.80. The van der Waals surface area contributed by atoms with Gasteiger partial charge in [0, 0.05) is 11.7 Å². The molecular weight excluding hydrogens is 268 g/mol. The first-order chi connectivity index (χ1) is 8.60. The van der Waals surface area contributed by atoms with Crippen LogP contribution in [0, 0.1) is 0 Å². The second-order valence-electron chi connectivity index (χ2n) is 3.96. The molecule has 0 saturated carbocycles. The molecule has 1 aromatic rings. The fourth-order valence-corrected chi connectivity index (χ4v) is 2.13. The maximum Gasteiger partial charge on any atom is 0.170 e. The normalized spacial score (nSPS) is 10.3. The van der Waals surface area contributed by atoms with E-state index < -0.39 is 0 Å². The van der Waals surface area contributed by atoms with Gasteiger partial charge in [-0.25, -0.2) is 0 Å². The second-order valence-corrected chi connectivity index (χ2v) is 4.78. The number of ether oxygens (including phenoxy) is 1. The Balaban J connectivity index is 2.62. The van der Waals surface area contributed by atoms with Crippen LogP contribution in [-0.4, -0.2) is 18.3 Å². The molecule has 0 heterocycles. The summed E-state index contributed by atoms with van der Waals surface area (Å²) in [6, 6.07) is 5.88. The summed E-state index contributed by atoms with van der Waals surface area (Å²) in [7, 11) is 1.59. The van der Waals surface area contributed by atoms with Gasteiger partial charge in [0.25, 0.3) is 0 Å². The van der Waals surface area contributed by atoms with Crippen molar-refractivity contribution in [2.45, 2.75) is 32.7 Å². The third kappa shape index (κ3) is 4.35. The van der Waals surface area contributed by atoms with Crippen LogP contribution >= 0.6 is 23.8 Å². The van der Waals surface area contributed by atoms with Gasteiger partial charge in [0.1, 0.15) is 5.75 Å². The van der Waals surface area contributed by atoms with Crippen LogP contribution in [0.2, 0.25) is 5.02 Å². The molecule has 0 saturated heterocycles. The molecule has 0 spiro atoms. The lowest BCUT2D eigenvalue weighted by Crippen LogP contribution is -2.36. The molecule has 0 aliphatic rings. The fraction of sp³-hybridized carbons (Fsp3) is 0.462. The summed E-state index contributed by atoms with van der Waals surface area (Å²) in [5.74, 6) is 0.654. The van der Waals surface area contributed by atoms with Crippen LogP contribution in [0.3, 0.4) is 0 Å². The average molecular weight is 287 g/mol. The quantitative estimate of drug-likeness (QED) is 0.806. The van der Waals surface area contributed by atoms with E-state index in [1.165, 1.54) is 0 Å². The number of hydrogen-bond donors (Lipinski definition) is 2. The molecule has 100 valence electrons. The zero-order chi connectivity index (χ0) is 13.5. The first kappa shape index (κ1) is 15.1. The Hall–Kier alpha value is -1.00. The van der Waals surface area contributed by atoms with Crippen molar-refractivity contribution in [1.82, 2.24) is 5.32 Å². The molecule has 0 bridgehead atoms. The van der Waals surface area contributed by atoms with Crippen molar-refractivity contribution in [3.8, 4) is 5.75 Å². The lowest BCUT2D eigenvalue weighted by Gasteiger charge is -2.18. The van der Waals surface area contributed by atoms with E-state index in [4.69, 9.17) is 28.6 Å². The highest BCUT2D eigenvalue weighted by Crippen LogP contribution is 2.27. The summed E-state index contributed by atoms with van der Waals surface area (Å²) in [4.78, 5) is 0. The molecule has 2 N–H and O–H groups in total. The van der Waals surface area contributed by atoms with Crippen molar-refractivity contribution in [3.63, 3.8) is 0 Å². The molecule has 0 radical (unpaired) electrons. The van der Waals surface area contributed by atoms with Crippen LogP contribution in [0.4, 0.5) is 5.69 Å². The Labute approximate surface area is 119 Å². The van der Waals surface area contributed by atoms with Crippen molar-refractivity contribution in [1.29, 1.82) is 0 Å². The van der Waals surface area contributed by atoms with Gasteiger partial charge in [0.15, 0.2) is 5.11 Å². The van der Waals surface area contributed by atoms with Gasteiger partial charge in [-0.15, -0.1) is 0 Å². The van der Waals surface area contributed by atoms with E-state index in [0.717, 1.165) is 18.5 Å². The zero-order valence-corrected chi connectivity index (χ0v) is 12.5. The first-order valence-corrected chi connectivity index (χ1v) is 6.80. The van der Waals surface area contributed by atoms with E-state index in [9.17, 15) is 0 Å². The molecule has 0 amide bonds. The van der Waals surface area contributed by atoms with Crippen molar-refractivity contribution in [3.05, 3.63) is 23.2 Å². The summed E-state index contributed by atoms with van der Waals surface area (Å²) >= 11 is 11.3. The van der Waals surface area contributed by atoms with Crippen molar-refractivity contribution in [2.75, 3.05) is 12.4 Å². The molecule has 5 heteroatoms. The van der Waals surface area contributed by atoms with Crippen LogP contribution in [0.5, 0.6) is 5.75 Å². The molecule has 0 aliphatic carbocycles. The Morgan fingerprint density at radius 2 is 2.06 bits per heavy atom. The van der Waals surface area contributed by atoms with E-state index in [1.54, 1.807) is 13.2 Å². The predicted molar refractivity (Wildman–Crippen MR) is 81.7 cm³/mol. The first-order valence-electron chi connectivity index (χ1n) is 6.01. The third-order valence-electron chi connectivity index (χ3n) is 2.73. The lowest BCUT2D eigenvalue weighted by molar-refractivity contribution is 0.415. The number of methoxy groups -OCH3 is 1. The lowest BCUT2D eigenvalue weighted by atomic mass is 10.2. The third-order valence-corrected chi connectivity index (χ3v) is 3.25. The minimum atomic E-state index is 0.402. The number of hydrogen-bond acceptors (Lipinski definition) is 2. The minimum Gasteiger partial charge on any atom is -0.495 e. The number of nitrogens with one attached hydrogen (secondary N) is 2. The highest BCUT2D eigenvalue weighted by Gasteiger charge is 2.06. The minimum absolute atomic E-state index is 0.402. The summed E-state index contributed by atoms with van der Waals surface area (Å²) < 4.78 is 5.10. The Morgan fingerprint density at radius 1 is 1.39 bits per heavy atom. The number of anilines is 1. The smallest absolute Gasteiger partial charge is 0.170 e. The van der Waals surface area contributed by atoms with Crippen LogP contribution in [0.15, 0.2) is 18.2 Å². The number of halogens is 1. The van der Waals surface area contributed by atoms with E-state index in [1.807, 2.05) is 12.1 Å². The van der Waals surface area contributed by atoms with Gasteiger partial charge >= 0.3 is 0 Å². The Bertz CT molecular complexity index is 408. The topological polar surface area (TPSA) is 33.3 Å². The molecule has 0 fully saturated rings. The van der Waals surface area contributed by atoms with E-state index >= 15 is 0 Å². The van der Waals surface area contributed by atoms with Gasteiger partial charge in [-0.05, 0) is 43.3 Å². The summed E-state index contributed by atoms with van der Waals surface area (Å²) in [6.07, 6.45) is 2.09. The van der Waals surface area contributed by atoms with Gasteiger partial charge in [-0.2, -0.15) is 0 Å². The Kier molecular flexibility index (Phi) is 6.22. The van der Waals surface area contributed by atoms with Crippen molar-refractivity contribution in [2.24, 2.45) is 0 Å². The zero-order valence-electron chi connectivity index (χ0n) is 10.9. The number of rotatable bonds is 5. The van der Waals surface area contributed by atoms with Gasteiger partial charge in [0.05, 0.1) is 12.1 Å². The maximum atomic E-state index is 6.04. The van der Waals surface area contributed by atoms with Gasteiger partial charge in [-0.1, -0.05) is 25.4 Å². The molecule has 0 aliphatic heterocycles. The van der Waals surface area contributed by atoms with Crippen LogP contribution in [0.25, 0.3) is 0 Å². The number of thiocarbonyl (C=S) groups is 1. The van der Waals surface area contributed by atoms with Crippen LogP contribution < -0.4 is 15.4 Å². The summed E-state index contributed by atoms with van der Waals surface area (Å²) in [5.41, 5.74) is 0.851. The molecule has 1 rings (SSSR count). The predicted octanol–water partition coefficient (Wildman–Crippen LogP) is 3.82. The maximum absolute atomic E-state index is 6.04. The van der Waals surface area contributed by atoms with E-state index in [-0.39, 0.29) is 0 Å². The molecule has 0 unspecified atom stereocenters. The highest BCUT2D eigenvalue weighted by atomic mass is 35.5. The fourth-order valence-electron chi connectivity index (χ4n) is 1.59. The van der Waals surface area contributed by atoms with Gasteiger partial charge in [-0.3, -0.25) is 0 Å². The standard InChI is InChI=1S/C13H19ClN2OS/c1-4-9(5-2)15-13(18)16-10-6-7-12(17-3)11(14)8-10/h6-9H,4-5H2,1-3H3,(H2,15,16,18). The molecule has 1 aromatic carbocycles. The molecule has 3 nitrogen and oxygen atoms in total. The van der Waals surface area contributed by atoms with Gasteiger partial charge < -0.3 is 15.4 Å². The average Bonchev–Trinajstić information content (AvgIpc) is 2.36. The van der Waals surface area contributed by atoms with E-state index in [2.05, 4.69) is 24.5 Å². The van der Waals surface area contributed by atoms with Crippen LogP contribution in [0.1, 0.15) is 26.7 Å². The summed E-state index contributed by atoms with van der Waals surface area (Å²) in [6.45, 7) is 4.27. The number of benzene rings is 1. The van der Waals surface area contributed by atoms with Gasteiger partial charge in [0.2, 0.25) is 0 Å². The van der Waals surface area contributed by atoms with E-state index in [0.29, 0.717) is 21.9 Å². The Morgan fingerprint density at radius 3 is 2.56 bits per heavy atom. The largest absolute Gasteiger partial charge is 0.495 e.